The highest BCUT2D eigenvalue weighted by Gasteiger charge is 2.14. The molecule has 0 aliphatic heterocycles. The van der Waals surface area contributed by atoms with E-state index in [1.54, 1.807) is 6.07 Å². The van der Waals surface area contributed by atoms with Gasteiger partial charge >= 0.3 is 0 Å². The molecule has 0 unspecified atom stereocenters. The highest BCUT2D eigenvalue weighted by Crippen LogP contribution is 2.19. The van der Waals surface area contributed by atoms with E-state index in [4.69, 9.17) is 0 Å². The standard InChI is InChI=1S/C22H33N5O/c1-6-14-27(15-7-2)21-16-20(23-17(5)24-21)22(28)25-18-10-12-19(13-11-18)26(8-3)9-4/h10-13,16H,6-9,14-15H2,1-5H3,(H,25,28). The lowest BCUT2D eigenvalue weighted by Gasteiger charge is -2.23. The summed E-state index contributed by atoms with van der Waals surface area (Å²) in [5.74, 6) is 1.21. The third-order valence-electron chi connectivity index (χ3n) is 4.62. The van der Waals surface area contributed by atoms with Gasteiger partial charge in [0.2, 0.25) is 0 Å². The maximum atomic E-state index is 12.8. The Balaban J connectivity index is 2.17. The van der Waals surface area contributed by atoms with Gasteiger partial charge in [-0.2, -0.15) is 0 Å². The van der Waals surface area contributed by atoms with E-state index in [1.807, 2.05) is 31.2 Å². The summed E-state index contributed by atoms with van der Waals surface area (Å²) in [7, 11) is 0. The first-order chi connectivity index (χ1) is 13.5. The molecule has 0 atom stereocenters. The summed E-state index contributed by atoms with van der Waals surface area (Å²) in [4.78, 5) is 26.1. The Kier molecular flexibility index (Phi) is 8.23. The van der Waals surface area contributed by atoms with Crippen molar-refractivity contribution < 1.29 is 4.79 Å². The molecule has 6 nitrogen and oxygen atoms in total. The number of hydrogen-bond donors (Lipinski definition) is 1. The fraction of sp³-hybridized carbons (Fsp3) is 0.500. The van der Waals surface area contributed by atoms with Gasteiger partial charge in [0.1, 0.15) is 17.3 Å². The summed E-state index contributed by atoms with van der Waals surface area (Å²) in [5.41, 5.74) is 2.31. The van der Waals surface area contributed by atoms with Crippen molar-refractivity contribution in [2.75, 3.05) is 41.3 Å². The van der Waals surface area contributed by atoms with Crippen molar-refractivity contribution in [3.63, 3.8) is 0 Å². The molecule has 6 heteroatoms. The minimum Gasteiger partial charge on any atom is -0.372 e. The van der Waals surface area contributed by atoms with Crippen molar-refractivity contribution in [3.05, 3.63) is 41.9 Å². The lowest BCUT2D eigenvalue weighted by molar-refractivity contribution is 0.102. The highest BCUT2D eigenvalue weighted by molar-refractivity contribution is 6.03. The number of aromatic nitrogens is 2. The number of carbonyl (C=O) groups excluding carboxylic acids is 1. The Morgan fingerprint density at radius 3 is 2.07 bits per heavy atom. The average molecular weight is 384 g/mol. The Labute approximate surface area is 169 Å². The van der Waals surface area contributed by atoms with E-state index in [0.717, 1.165) is 56.2 Å². The molecule has 1 heterocycles. The van der Waals surface area contributed by atoms with E-state index in [9.17, 15) is 4.79 Å². The first-order valence-electron chi connectivity index (χ1n) is 10.3. The molecule has 0 spiro atoms. The van der Waals surface area contributed by atoms with Crippen molar-refractivity contribution in [1.29, 1.82) is 0 Å². The van der Waals surface area contributed by atoms with Gasteiger partial charge in [0.15, 0.2) is 0 Å². The van der Waals surface area contributed by atoms with Gasteiger partial charge in [0.25, 0.3) is 5.91 Å². The minimum atomic E-state index is -0.213. The molecule has 0 saturated heterocycles. The van der Waals surface area contributed by atoms with E-state index in [2.05, 4.69) is 52.8 Å². The van der Waals surface area contributed by atoms with Gasteiger partial charge in [0.05, 0.1) is 0 Å². The molecule has 0 radical (unpaired) electrons. The molecule has 152 valence electrons. The minimum absolute atomic E-state index is 0.213. The molecular formula is C22H33N5O. The molecule has 1 N–H and O–H groups in total. The van der Waals surface area contributed by atoms with E-state index < -0.39 is 0 Å². The lowest BCUT2D eigenvalue weighted by atomic mass is 10.2. The van der Waals surface area contributed by atoms with Gasteiger partial charge < -0.3 is 15.1 Å². The van der Waals surface area contributed by atoms with E-state index >= 15 is 0 Å². The van der Waals surface area contributed by atoms with Crippen molar-refractivity contribution >= 4 is 23.1 Å². The van der Waals surface area contributed by atoms with Crippen LogP contribution in [0, 0.1) is 6.92 Å². The molecule has 2 rings (SSSR count). The molecule has 1 amide bonds. The second-order valence-corrected chi connectivity index (χ2v) is 6.82. The highest BCUT2D eigenvalue weighted by atomic mass is 16.1. The molecule has 0 bridgehead atoms. The molecule has 1 aromatic heterocycles. The number of aryl methyl sites for hydroxylation is 1. The number of hydrogen-bond acceptors (Lipinski definition) is 5. The number of anilines is 3. The van der Waals surface area contributed by atoms with E-state index in [-0.39, 0.29) is 5.91 Å². The van der Waals surface area contributed by atoms with Crippen molar-refractivity contribution in [3.8, 4) is 0 Å². The van der Waals surface area contributed by atoms with Gasteiger partial charge in [-0.15, -0.1) is 0 Å². The summed E-state index contributed by atoms with van der Waals surface area (Å²) in [6.45, 7) is 14.1. The van der Waals surface area contributed by atoms with Crippen LogP contribution in [0.1, 0.15) is 56.8 Å². The smallest absolute Gasteiger partial charge is 0.274 e. The fourth-order valence-electron chi connectivity index (χ4n) is 3.25. The zero-order valence-electron chi connectivity index (χ0n) is 17.8. The topological polar surface area (TPSA) is 61.4 Å². The van der Waals surface area contributed by atoms with Crippen LogP contribution in [0.4, 0.5) is 17.2 Å². The fourth-order valence-corrected chi connectivity index (χ4v) is 3.25. The number of nitrogens with zero attached hydrogens (tertiary/aromatic N) is 4. The zero-order chi connectivity index (χ0) is 20.5. The third kappa shape index (κ3) is 5.68. The monoisotopic (exact) mass is 383 g/mol. The zero-order valence-corrected chi connectivity index (χ0v) is 17.8. The predicted molar refractivity (Wildman–Crippen MR) is 118 cm³/mol. The summed E-state index contributed by atoms with van der Waals surface area (Å²) >= 11 is 0. The number of carbonyl (C=O) groups is 1. The average Bonchev–Trinajstić information content (AvgIpc) is 2.69. The van der Waals surface area contributed by atoms with Gasteiger partial charge in [-0.05, 0) is 57.9 Å². The van der Waals surface area contributed by atoms with E-state index in [1.165, 1.54) is 0 Å². The summed E-state index contributed by atoms with van der Waals surface area (Å²) < 4.78 is 0. The molecule has 0 saturated carbocycles. The van der Waals surface area contributed by atoms with Crippen LogP contribution >= 0.6 is 0 Å². The second-order valence-electron chi connectivity index (χ2n) is 6.82. The van der Waals surface area contributed by atoms with Gasteiger partial charge in [-0.1, -0.05) is 13.8 Å². The predicted octanol–water partition coefficient (Wildman–Crippen LogP) is 4.51. The molecule has 0 fully saturated rings. The number of benzene rings is 1. The van der Waals surface area contributed by atoms with E-state index in [0.29, 0.717) is 11.5 Å². The Morgan fingerprint density at radius 2 is 1.54 bits per heavy atom. The quantitative estimate of drug-likeness (QED) is 0.654. The van der Waals surface area contributed by atoms with Crippen LogP contribution in [0.2, 0.25) is 0 Å². The number of amides is 1. The summed E-state index contributed by atoms with van der Waals surface area (Å²) in [5, 5.41) is 2.95. The molecule has 0 aliphatic carbocycles. The summed E-state index contributed by atoms with van der Waals surface area (Å²) in [6, 6.07) is 9.72. The van der Waals surface area contributed by atoms with Crippen molar-refractivity contribution in [2.24, 2.45) is 0 Å². The maximum absolute atomic E-state index is 12.8. The lowest BCUT2D eigenvalue weighted by Crippen LogP contribution is -2.27. The van der Waals surface area contributed by atoms with Crippen LogP contribution in [-0.2, 0) is 0 Å². The molecular weight excluding hydrogens is 350 g/mol. The Bertz CT molecular complexity index is 750. The molecule has 28 heavy (non-hydrogen) atoms. The second kappa shape index (κ2) is 10.6. The van der Waals surface area contributed by atoms with Crippen LogP contribution in [0.3, 0.4) is 0 Å². The number of rotatable bonds is 10. The van der Waals surface area contributed by atoms with Crippen LogP contribution in [0.15, 0.2) is 30.3 Å². The van der Waals surface area contributed by atoms with Crippen molar-refractivity contribution in [2.45, 2.75) is 47.5 Å². The van der Waals surface area contributed by atoms with Gasteiger partial charge in [-0.25, -0.2) is 9.97 Å². The molecule has 2 aromatic rings. The SMILES string of the molecule is CCCN(CCC)c1cc(C(=O)Nc2ccc(N(CC)CC)cc2)nc(C)n1. The van der Waals surface area contributed by atoms with Gasteiger partial charge in [0, 0.05) is 43.6 Å². The van der Waals surface area contributed by atoms with Gasteiger partial charge in [-0.3, -0.25) is 4.79 Å². The molecule has 1 aromatic carbocycles. The van der Waals surface area contributed by atoms with Crippen LogP contribution in [-0.4, -0.2) is 42.1 Å². The normalized spacial score (nSPS) is 10.6. The van der Waals surface area contributed by atoms with Crippen LogP contribution in [0.25, 0.3) is 0 Å². The Morgan fingerprint density at radius 1 is 0.929 bits per heavy atom. The molecule has 0 aliphatic rings. The largest absolute Gasteiger partial charge is 0.372 e. The first-order valence-corrected chi connectivity index (χ1v) is 10.3. The third-order valence-corrected chi connectivity index (χ3v) is 4.62. The number of nitrogens with one attached hydrogen (secondary N) is 1. The maximum Gasteiger partial charge on any atom is 0.274 e. The van der Waals surface area contributed by atoms with Crippen molar-refractivity contribution in [1.82, 2.24) is 9.97 Å². The van der Waals surface area contributed by atoms with Crippen LogP contribution < -0.4 is 15.1 Å². The summed E-state index contributed by atoms with van der Waals surface area (Å²) in [6.07, 6.45) is 2.06. The first kappa shape index (κ1) is 21.7. The Hall–Kier alpha value is -2.63. The van der Waals surface area contributed by atoms with Crippen LogP contribution in [0.5, 0.6) is 0 Å².